The average molecular weight is 283 g/mol. The number of hydrogen-bond acceptors (Lipinski definition) is 4. The molecule has 1 N–H and O–H groups in total. The fourth-order valence-electron chi connectivity index (χ4n) is 2.75. The van der Waals surface area contributed by atoms with Gasteiger partial charge in [0.1, 0.15) is 9.84 Å². The lowest BCUT2D eigenvalue weighted by molar-refractivity contribution is 0.0820. The summed E-state index contributed by atoms with van der Waals surface area (Å²) < 4.78 is 23.3. The first-order valence-corrected chi connectivity index (χ1v) is 8.63. The van der Waals surface area contributed by atoms with Gasteiger partial charge >= 0.3 is 0 Å². The largest absolute Gasteiger partial charge is 0.387 e. The van der Waals surface area contributed by atoms with Gasteiger partial charge in [0.15, 0.2) is 0 Å². The van der Waals surface area contributed by atoms with Crippen molar-refractivity contribution in [1.29, 1.82) is 0 Å². The zero-order chi connectivity index (χ0) is 14.0. The molecule has 0 bridgehead atoms. The van der Waals surface area contributed by atoms with Gasteiger partial charge in [0, 0.05) is 12.5 Å². The summed E-state index contributed by atoms with van der Waals surface area (Å²) in [5.41, 5.74) is 1.69. The highest BCUT2D eigenvalue weighted by Gasteiger charge is 2.33. The van der Waals surface area contributed by atoms with Crippen LogP contribution < -0.4 is 0 Å². The first-order valence-electron chi connectivity index (χ1n) is 6.67. The van der Waals surface area contributed by atoms with Crippen LogP contribution in [0.2, 0.25) is 0 Å². The van der Waals surface area contributed by atoms with E-state index >= 15 is 0 Å². The Balaban J connectivity index is 2.11. The van der Waals surface area contributed by atoms with E-state index in [4.69, 9.17) is 0 Å². The molecule has 1 saturated carbocycles. The quantitative estimate of drug-likeness (QED) is 0.921. The Morgan fingerprint density at radius 2 is 2.11 bits per heavy atom. The molecule has 4 nitrogen and oxygen atoms in total. The highest BCUT2D eigenvalue weighted by molar-refractivity contribution is 7.91. The fourth-order valence-corrected chi connectivity index (χ4v) is 3.94. The van der Waals surface area contributed by atoms with Crippen molar-refractivity contribution in [2.45, 2.75) is 44.0 Å². The monoisotopic (exact) mass is 283 g/mol. The molecule has 1 aliphatic rings. The lowest BCUT2D eigenvalue weighted by atomic mass is 9.83. The molecule has 19 heavy (non-hydrogen) atoms. The van der Waals surface area contributed by atoms with Crippen molar-refractivity contribution in [2.75, 3.05) is 6.26 Å². The number of aryl methyl sites for hydroxylation is 1. The minimum Gasteiger partial charge on any atom is -0.387 e. The number of nitrogens with zero attached hydrogens (tertiary/aromatic N) is 1. The van der Waals surface area contributed by atoms with Crippen molar-refractivity contribution in [3.8, 4) is 0 Å². The number of hydrogen-bond donors (Lipinski definition) is 1. The predicted molar refractivity (Wildman–Crippen MR) is 74.5 cm³/mol. The number of pyridine rings is 1. The standard InChI is InChI=1S/C14H21NO3S/c1-10-6-7-13(15-9-10)14(16)11-4-3-5-12(8-11)19(2,17)18/h6-7,9,11-12,14,16H,3-5,8H2,1-2H3. The van der Waals surface area contributed by atoms with Crippen molar-refractivity contribution < 1.29 is 13.5 Å². The van der Waals surface area contributed by atoms with E-state index in [0.717, 1.165) is 18.4 Å². The van der Waals surface area contributed by atoms with Gasteiger partial charge in [-0.2, -0.15) is 0 Å². The molecule has 0 saturated heterocycles. The maximum absolute atomic E-state index is 11.6. The van der Waals surface area contributed by atoms with Crippen molar-refractivity contribution in [3.63, 3.8) is 0 Å². The third kappa shape index (κ3) is 3.54. The molecular formula is C14H21NO3S. The van der Waals surface area contributed by atoms with E-state index in [9.17, 15) is 13.5 Å². The van der Waals surface area contributed by atoms with E-state index in [1.165, 1.54) is 6.26 Å². The Kier molecular flexibility index (Phi) is 4.26. The van der Waals surface area contributed by atoms with Crippen molar-refractivity contribution in [2.24, 2.45) is 5.92 Å². The minimum atomic E-state index is -3.01. The average Bonchev–Trinajstić information content (AvgIpc) is 2.38. The number of aromatic nitrogens is 1. The normalized spacial score (nSPS) is 26.1. The third-order valence-corrected chi connectivity index (χ3v) is 5.60. The molecule has 3 atom stereocenters. The predicted octanol–water partition coefficient (Wildman–Crippen LogP) is 2.03. The lowest BCUT2D eigenvalue weighted by Crippen LogP contribution is -2.30. The van der Waals surface area contributed by atoms with Gasteiger partial charge in [-0.3, -0.25) is 4.98 Å². The molecule has 2 rings (SSSR count). The van der Waals surface area contributed by atoms with Gasteiger partial charge in [-0.15, -0.1) is 0 Å². The second-order valence-electron chi connectivity index (χ2n) is 5.58. The zero-order valence-corrected chi connectivity index (χ0v) is 12.2. The number of aliphatic hydroxyl groups excluding tert-OH is 1. The Morgan fingerprint density at radius 1 is 1.37 bits per heavy atom. The minimum absolute atomic E-state index is 0.0105. The van der Waals surface area contributed by atoms with E-state index < -0.39 is 15.9 Å². The first-order chi connectivity index (χ1) is 8.88. The second-order valence-corrected chi connectivity index (χ2v) is 7.91. The van der Waals surface area contributed by atoms with Crippen LogP contribution in [0.1, 0.15) is 43.0 Å². The van der Waals surface area contributed by atoms with Crippen LogP contribution in [0.25, 0.3) is 0 Å². The van der Waals surface area contributed by atoms with Crippen molar-refractivity contribution >= 4 is 9.84 Å². The van der Waals surface area contributed by atoms with Crippen LogP contribution in [0.5, 0.6) is 0 Å². The molecule has 0 amide bonds. The Labute approximate surface area is 114 Å². The number of rotatable bonds is 3. The van der Waals surface area contributed by atoms with Crippen molar-refractivity contribution in [3.05, 3.63) is 29.6 Å². The van der Waals surface area contributed by atoms with Gasteiger partial charge in [0.05, 0.1) is 17.0 Å². The van der Waals surface area contributed by atoms with E-state index in [2.05, 4.69) is 4.98 Å². The molecule has 1 aromatic rings. The van der Waals surface area contributed by atoms with E-state index in [-0.39, 0.29) is 11.2 Å². The summed E-state index contributed by atoms with van der Waals surface area (Å²) in [5.74, 6) is -0.0105. The molecule has 106 valence electrons. The molecular weight excluding hydrogens is 262 g/mol. The van der Waals surface area contributed by atoms with Crippen LogP contribution in [0, 0.1) is 12.8 Å². The van der Waals surface area contributed by atoms with Crippen LogP contribution in [-0.2, 0) is 9.84 Å². The smallest absolute Gasteiger partial charge is 0.150 e. The molecule has 0 aliphatic heterocycles. The van der Waals surface area contributed by atoms with Crippen LogP contribution in [0.15, 0.2) is 18.3 Å². The summed E-state index contributed by atoms with van der Waals surface area (Å²) in [5, 5.41) is 10.0. The topological polar surface area (TPSA) is 67.3 Å². The molecule has 1 heterocycles. The van der Waals surface area contributed by atoms with E-state index in [1.54, 1.807) is 6.20 Å². The summed E-state index contributed by atoms with van der Waals surface area (Å²) in [4.78, 5) is 4.24. The van der Waals surface area contributed by atoms with Crippen molar-refractivity contribution in [1.82, 2.24) is 4.98 Å². The highest BCUT2D eigenvalue weighted by Crippen LogP contribution is 2.36. The van der Waals surface area contributed by atoms with Crippen LogP contribution in [0.3, 0.4) is 0 Å². The zero-order valence-electron chi connectivity index (χ0n) is 11.4. The first kappa shape index (κ1) is 14.5. The molecule has 0 aromatic carbocycles. The van der Waals surface area contributed by atoms with Crippen LogP contribution in [0.4, 0.5) is 0 Å². The maximum atomic E-state index is 11.6. The van der Waals surface area contributed by atoms with E-state index in [1.807, 2.05) is 19.1 Å². The Bertz CT molecular complexity index is 524. The molecule has 3 unspecified atom stereocenters. The summed E-state index contributed by atoms with van der Waals surface area (Å²) in [7, 11) is -3.01. The Hall–Kier alpha value is -0.940. The SMILES string of the molecule is Cc1ccc(C(O)C2CCCC(S(C)(=O)=O)C2)nc1. The molecule has 1 aromatic heterocycles. The second kappa shape index (κ2) is 5.59. The summed E-state index contributed by atoms with van der Waals surface area (Å²) in [6.45, 7) is 1.95. The molecule has 5 heteroatoms. The van der Waals surface area contributed by atoms with E-state index in [0.29, 0.717) is 18.5 Å². The highest BCUT2D eigenvalue weighted by atomic mass is 32.2. The molecule has 1 aliphatic carbocycles. The fraction of sp³-hybridized carbons (Fsp3) is 0.643. The molecule has 0 spiro atoms. The lowest BCUT2D eigenvalue weighted by Gasteiger charge is -2.31. The summed E-state index contributed by atoms with van der Waals surface area (Å²) >= 11 is 0. The van der Waals surface area contributed by atoms with Gasteiger partial charge in [-0.1, -0.05) is 12.5 Å². The summed E-state index contributed by atoms with van der Waals surface area (Å²) in [6, 6.07) is 3.74. The third-order valence-electron chi connectivity index (χ3n) is 3.96. The number of aliphatic hydroxyl groups is 1. The molecule has 1 fully saturated rings. The van der Waals surface area contributed by atoms with Gasteiger partial charge in [-0.25, -0.2) is 8.42 Å². The Morgan fingerprint density at radius 3 is 2.68 bits per heavy atom. The van der Waals surface area contributed by atoms with Gasteiger partial charge < -0.3 is 5.11 Å². The van der Waals surface area contributed by atoms with Gasteiger partial charge in [-0.05, 0) is 43.7 Å². The van der Waals surface area contributed by atoms with Crippen LogP contribution in [-0.4, -0.2) is 30.0 Å². The van der Waals surface area contributed by atoms with Crippen LogP contribution >= 0.6 is 0 Å². The van der Waals surface area contributed by atoms with Gasteiger partial charge in [0.25, 0.3) is 0 Å². The maximum Gasteiger partial charge on any atom is 0.150 e. The summed E-state index contributed by atoms with van der Waals surface area (Å²) in [6.07, 6.45) is 5.32. The number of sulfone groups is 1. The van der Waals surface area contributed by atoms with Gasteiger partial charge in [0.2, 0.25) is 0 Å². The molecule has 0 radical (unpaired) electrons.